The van der Waals surface area contributed by atoms with E-state index in [4.69, 9.17) is 15.8 Å². The van der Waals surface area contributed by atoms with Gasteiger partial charge in [0.15, 0.2) is 5.82 Å². The van der Waals surface area contributed by atoms with E-state index >= 15 is 0 Å². The summed E-state index contributed by atoms with van der Waals surface area (Å²) in [4.78, 5) is 17.0. The molecule has 3 N–H and O–H groups in total. The van der Waals surface area contributed by atoms with E-state index in [1.165, 1.54) is 17.0 Å². The van der Waals surface area contributed by atoms with Crippen LogP contribution in [0.3, 0.4) is 0 Å². The van der Waals surface area contributed by atoms with Crippen LogP contribution in [0.15, 0.2) is 55.1 Å². The summed E-state index contributed by atoms with van der Waals surface area (Å²) in [6, 6.07) is 7.50. The Labute approximate surface area is 182 Å². The number of benzene rings is 1. The molecule has 0 spiro atoms. The number of halogens is 1. The van der Waals surface area contributed by atoms with Gasteiger partial charge in [-0.1, -0.05) is 6.92 Å². The summed E-state index contributed by atoms with van der Waals surface area (Å²) in [6.07, 6.45) is 8.30. The molecule has 1 atom stereocenters. The van der Waals surface area contributed by atoms with Crippen molar-refractivity contribution in [3.05, 3.63) is 60.9 Å². The van der Waals surface area contributed by atoms with Crippen molar-refractivity contribution < 1.29 is 4.39 Å². The van der Waals surface area contributed by atoms with Crippen molar-refractivity contribution in [3.63, 3.8) is 0 Å². The van der Waals surface area contributed by atoms with E-state index in [1.807, 2.05) is 17.9 Å². The number of anilines is 3. The summed E-state index contributed by atoms with van der Waals surface area (Å²) in [6.45, 7) is 1.97. The molecule has 0 bridgehead atoms. The molecule has 4 aromatic rings. The highest BCUT2D eigenvalue weighted by Crippen LogP contribution is 2.39. The lowest BCUT2D eigenvalue weighted by atomic mass is 10.1. The van der Waals surface area contributed by atoms with Gasteiger partial charge < -0.3 is 0 Å². The normalized spacial score (nSPS) is 15.7. The Balaban J connectivity index is 1.68. The fraction of sp³-hybridized carbons (Fsp3) is 0.143. The van der Waals surface area contributed by atoms with Gasteiger partial charge in [-0.2, -0.15) is 10.1 Å². The van der Waals surface area contributed by atoms with Crippen LogP contribution in [0.25, 0.3) is 17.3 Å². The average molecular weight is 430 g/mol. The molecule has 10 nitrogen and oxygen atoms in total. The maximum atomic E-state index is 13.4. The monoisotopic (exact) mass is 430 g/mol. The number of amidine groups is 1. The van der Waals surface area contributed by atoms with Crippen LogP contribution in [0.1, 0.15) is 13.3 Å². The molecule has 5 rings (SSSR count). The Morgan fingerprint density at radius 2 is 1.97 bits per heavy atom. The number of rotatable bonds is 5. The summed E-state index contributed by atoms with van der Waals surface area (Å²) in [5, 5.41) is 23.5. The van der Waals surface area contributed by atoms with E-state index in [1.54, 1.807) is 41.5 Å². The van der Waals surface area contributed by atoms with Crippen LogP contribution in [0.5, 0.6) is 0 Å². The van der Waals surface area contributed by atoms with Gasteiger partial charge >= 0.3 is 0 Å². The zero-order chi connectivity index (χ0) is 22.2. The first-order valence-electron chi connectivity index (χ1n) is 9.96. The fourth-order valence-corrected chi connectivity index (χ4v) is 3.84. The maximum absolute atomic E-state index is 13.4. The molecule has 1 unspecified atom stereocenters. The van der Waals surface area contributed by atoms with Crippen LogP contribution >= 0.6 is 0 Å². The standard InChI is InChI=1S/C21H19FN10/c1-2-15-18(24)31(12-23)16-11-26-21(28-20(16)32(15)17-7-8-27-29-17)30-10-9-25-19(30)13-3-5-14(22)6-4-13/h3-12,15,23-24H,2H2,1H3,(H,27,29). The Kier molecular flexibility index (Phi) is 4.70. The molecular weight excluding hydrogens is 411 g/mol. The van der Waals surface area contributed by atoms with E-state index in [-0.39, 0.29) is 17.7 Å². The third-order valence-corrected chi connectivity index (χ3v) is 5.33. The number of aromatic nitrogens is 6. The summed E-state index contributed by atoms with van der Waals surface area (Å²) >= 11 is 0. The summed E-state index contributed by atoms with van der Waals surface area (Å²) < 4.78 is 15.1. The molecule has 0 fully saturated rings. The number of aromatic amines is 1. The van der Waals surface area contributed by atoms with Crippen molar-refractivity contribution in [3.8, 4) is 17.3 Å². The van der Waals surface area contributed by atoms with E-state index in [2.05, 4.69) is 20.2 Å². The lowest BCUT2D eigenvalue weighted by Crippen LogP contribution is -2.51. The highest BCUT2D eigenvalue weighted by Gasteiger charge is 2.37. The van der Waals surface area contributed by atoms with Gasteiger partial charge in [-0.15, -0.1) is 0 Å². The fourth-order valence-electron chi connectivity index (χ4n) is 3.84. The van der Waals surface area contributed by atoms with E-state index < -0.39 is 0 Å². The second-order valence-corrected chi connectivity index (χ2v) is 7.13. The molecule has 4 heterocycles. The Hall–Kier alpha value is -4.41. The van der Waals surface area contributed by atoms with Gasteiger partial charge in [0.1, 0.15) is 29.0 Å². The van der Waals surface area contributed by atoms with Crippen LogP contribution in [0.4, 0.5) is 21.7 Å². The minimum absolute atomic E-state index is 0.246. The molecular formula is C21H19FN10. The summed E-state index contributed by atoms with van der Waals surface area (Å²) in [7, 11) is 0. The summed E-state index contributed by atoms with van der Waals surface area (Å²) in [5.41, 5.74) is 1.23. The van der Waals surface area contributed by atoms with Crippen LogP contribution < -0.4 is 9.80 Å². The van der Waals surface area contributed by atoms with Crippen LogP contribution in [-0.2, 0) is 0 Å². The molecule has 0 amide bonds. The van der Waals surface area contributed by atoms with Gasteiger partial charge in [0.2, 0.25) is 5.95 Å². The van der Waals surface area contributed by atoms with E-state index in [9.17, 15) is 4.39 Å². The highest BCUT2D eigenvalue weighted by molar-refractivity contribution is 6.17. The number of nitrogens with one attached hydrogen (secondary N) is 3. The molecule has 1 aromatic carbocycles. The largest absolute Gasteiger partial charge is 0.299 e. The van der Waals surface area contributed by atoms with Crippen molar-refractivity contribution in [2.45, 2.75) is 19.4 Å². The molecule has 0 saturated heterocycles. The van der Waals surface area contributed by atoms with Crippen LogP contribution in [-0.4, -0.2) is 47.9 Å². The minimum Gasteiger partial charge on any atom is -0.299 e. The third kappa shape index (κ3) is 3.02. The molecule has 1 aliphatic heterocycles. The third-order valence-electron chi connectivity index (χ3n) is 5.33. The van der Waals surface area contributed by atoms with Crippen molar-refractivity contribution >= 4 is 29.5 Å². The molecule has 0 radical (unpaired) electrons. The van der Waals surface area contributed by atoms with Crippen molar-refractivity contribution in [1.82, 2.24) is 29.7 Å². The second kappa shape index (κ2) is 7.69. The minimum atomic E-state index is -0.355. The summed E-state index contributed by atoms with van der Waals surface area (Å²) in [5.74, 6) is 2.06. The van der Waals surface area contributed by atoms with Gasteiger partial charge in [-0.05, 0) is 30.7 Å². The van der Waals surface area contributed by atoms with Crippen molar-refractivity contribution in [1.29, 1.82) is 10.8 Å². The first-order chi connectivity index (χ1) is 15.6. The number of hydrogen-bond donors (Lipinski definition) is 3. The van der Waals surface area contributed by atoms with Gasteiger partial charge in [0.05, 0.1) is 24.8 Å². The molecule has 0 saturated carbocycles. The first kappa shape index (κ1) is 19.5. The molecule has 1 aliphatic rings. The zero-order valence-electron chi connectivity index (χ0n) is 17.1. The number of H-pyrrole nitrogens is 1. The Morgan fingerprint density at radius 3 is 2.66 bits per heavy atom. The smallest absolute Gasteiger partial charge is 0.237 e. The SMILES string of the molecule is CCC1C(=N)N(C=N)c2cnc(-n3ccnc3-c3ccc(F)cc3)nc2N1c1ccn[nH]1. The maximum Gasteiger partial charge on any atom is 0.237 e. The van der Waals surface area contributed by atoms with Crippen LogP contribution in [0.2, 0.25) is 0 Å². The van der Waals surface area contributed by atoms with E-state index in [0.29, 0.717) is 35.5 Å². The number of fused-ring (bicyclic) bond motifs is 1. The van der Waals surface area contributed by atoms with E-state index in [0.717, 1.165) is 11.9 Å². The topological polar surface area (TPSA) is 126 Å². The van der Waals surface area contributed by atoms with Gasteiger partial charge in [0.25, 0.3) is 0 Å². The number of imidazole rings is 1. The first-order valence-corrected chi connectivity index (χ1v) is 9.96. The predicted molar refractivity (Wildman–Crippen MR) is 118 cm³/mol. The molecule has 3 aromatic heterocycles. The lowest BCUT2D eigenvalue weighted by molar-refractivity contribution is 0.628. The van der Waals surface area contributed by atoms with Gasteiger partial charge in [-0.25, -0.2) is 14.4 Å². The number of hydrogen-bond acceptors (Lipinski definition) is 7. The van der Waals surface area contributed by atoms with Gasteiger partial charge in [0, 0.05) is 24.0 Å². The quantitative estimate of drug-likeness (QED) is 0.328. The second-order valence-electron chi connectivity index (χ2n) is 7.13. The average Bonchev–Trinajstić information content (AvgIpc) is 3.51. The molecule has 160 valence electrons. The zero-order valence-corrected chi connectivity index (χ0v) is 17.1. The van der Waals surface area contributed by atoms with Crippen molar-refractivity contribution in [2.75, 3.05) is 9.80 Å². The van der Waals surface area contributed by atoms with Gasteiger partial charge in [-0.3, -0.25) is 30.3 Å². The lowest BCUT2D eigenvalue weighted by Gasteiger charge is -2.40. The predicted octanol–water partition coefficient (Wildman–Crippen LogP) is 3.51. The van der Waals surface area contributed by atoms with Crippen LogP contribution in [0, 0.1) is 16.6 Å². The molecule has 32 heavy (non-hydrogen) atoms. The Bertz CT molecular complexity index is 1280. The Morgan fingerprint density at radius 1 is 1.16 bits per heavy atom. The number of nitrogens with zero attached hydrogens (tertiary/aromatic N) is 7. The molecule has 11 heteroatoms. The van der Waals surface area contributed by atoms with Crippen molar-refractivity contribution in [2.24, 2.45) is 0 Å². The highest BCUT2D eigenvalue weighted by atomic mass is 19.1. The molecule has 0 aliphatic carbocycles.